The van der Waals surface area contributed by atoms with Gasteiger partial charge in [0.1, 0.15) is 0 Å². The van der Waals surface area contributed by atoms with Gasteiger partial charge in [-0.2, -0.15) is 10.4 Å². The van der Waals surface area contributed by atoms with Gasteiger partial charge in [0.05, 0.1) is 24.7 Å². The molecule has 1 aromatic carbocycles. The predicted octanol–water partition coefficient (Wildman–Crippen LogP) is 3.44. The fraction of sp³-hybridized carbons (Fsp3) is 0.476. The van der Waals surface area contributed by atoms with Gasteiger partial charge >= 0.3 is 0 Å². The number of aromatic nitrogens is 2. The summed E-state index contributed by atoms with van der Waals surface area (Å²) < 4.78 is 1.88. The molecular formula is C21H28N4O. The maximum absolute atomic E-state index is 12.6. The number of hydrogen-bond donors (Lipinski definition) is 0. The van der Waals surface area contributed by atoms with Crippen LogP contribution >= 0.6 is 0 Å². The molecule has 0 fully saturated rings. The van der Waals surface area contributed by atoms with Crippen LogP contribution in [0.4, 0.5) is 0 Å². The first-order valence-corrected chi connectivity index (χ1v) is 9.28. The number of aryl methyl sites for hydroxylation is 2. The normalized spacial score (nSPS) is 10.5. The first-order valence-electron chi connectivity index (χ1n) is 9.28. The molecule has 0 bridgehead atoms. The monoisotopic (exact) mass is 352 g/mol. The summed E-state index contributed by atoms with van der Waals surface area (Å²) in [4.78, 5) is 14.6. The number of carbonyl (C=O) groups is 1. The summed E-state index contributed by atoms with van der Waals surface area (Å²) in [6.45, 7) is 8.10. The highest BCUT2D eigenvalue weighted by Crippen LogP contribution is 2.16. The lowest BCUT2D eigenvalue weighted by atomic mass is 10.1. The summed E-state index contributed by atoms with van der Waals surface area (Å²) >= 11 is 0. The van der Waals surface area contributed by atoms with Crippen LogP contribution in [0.3, 0.4) is 0 Å². The van der Waals surface area contributed by atoms with E-state index in [-0.39, 0.29) is 5.91 Å². The number of likely N-dealkylation sites (N-methyl/N-ethyl adjacent to an activating group) is 1. The fourth-order valence-electron chi connectivity index (χ4n) is 3.23. The Balaban J connectivity index is 1.92. The summed E-state index contributed by atoms with van der Waals surface area (Å²) in [7, 11) is 0. The maximum atomic E-state index is 12.6. The summed E-state index contributed by atoms with van der Waals surface area (Å²) in [5, 5.41) is 13.3. The highest BCUT2D eigenvalue weighted by atomic mass is 16.2. The van der Waals surface area contributed by atoms with Gasteiger partial charge in [-0.25, -0.2) is 0 Å². The molecule has 1 heterocycles. The second-order valence-electron chi connectivity index (χ2n) is 6.49. The van der Waals surface area contributed by atoms with Crippen molar-refractivity contribution in [2.24, 2.45) is 0 Å². The van der Waals surface area contributed by atoms with Crippen molar-refractivity contribution in [3.05, 3.63) is 52.8 Å². The van der Waals surface area contributed by atoms with Crippen LogP contribution in [0.1, 0.15) is 42.3 Å². The fourth-order valence-corrected chi connectivity index (χ4v) is 3.23. The van der Waals surface area contributed by atoms with Crippen molar-refractivity contribution >= 4 is 5.91 Å². The minimum absolute atomic E-state index is 0.187. The molecule has 0 saturated heterocycles. The van der Waals surface area contributed by atoms with Gasteiger partial charge in [0.25, 0.3) is 0 Å². The lowest BCUT2D eigenvalue weighted by molar-refractivity contribution is -0.130. The van der Waals surface area contributed by atoms with E-state index in [9.17, 15) is 4.79 Å². The standard InChI is InChI=1S/C21H28N4O/c1-4-24(16-13-19-9-6-5-7-10-19)21(26)12-11-20-17(2)23-25(18(20)3)15-8-14-22/h5-7,9-10H,4,8,11-13,15-16H2,1-3H3. The highest BCUT2D eigenvalue weighted by molar-refractivity contribution is 5.76. The summed E-state index contributed by atoms with van der Waals surface area (Å²) in [6, 6.07) is 12.4. The molecule has 5 heteroatoms. The minimum Gasteiger partial charge on any atom is -0.343 e. The van der Waals surface area contributed by atoms with Crippen molar-refractivity contribution < 1.29 is 4.79 Å². The van der Waals surface area contributed by atoms with Crippen LogP contribution in [-0.2, 0) is 24.2 Å². The quantitative estimate of drug-likeness (QED) is 0.694. The van der Waals surface area contributed by atoms with Crippen LogP contribution in [-0.4, -0.2) is 33.7 Å². The molecule has 0 spiro atoms. The Bertz CT molecular complexity index is 758. The summed E-state index contributed by atoms with van der Waals surface area (Å²) in [6.07, 6.45) is 2.52. The van der Waals surface area contributed by atoms with E-state index in [1.54, 1.807) is 0 Å². The lowest BCUT2D eigenvalue weighted by Gasteiger charge is -2.21. The third-order valence-electron chi connectivity index (χ3n) is 4.80. The van der Waals surface area contributed by atoms with Gasteiger partial charge in [-0.05, 0) is 44.7 Å². The van der Waals surface area contributed by atoms with Crippen molar-refractivity contribution in [2.75, 3.05) is 13.1 Å². The molecule has 0 saturated carbocycles. The van der Waals surface area contributed by atoms with Gasteiger partial charge in [-0.15, -0.1) is 0 Å². The number of carbonyl (C=O) groups excluding carboxylic acids is 1. The van der Waals surface area contributed by atoms with E-state index in [4.69, 9.17) is 5.26 Å². The van der Waals surface area contributed by atoms with Gasteiger partial charge in [0.15, 0.2) is 0 Å². The molecule has 0 aliphatic heterocycles. The molecule has 2 rings (SSSR count). The number of amides is 1. The molecule has 5 nitrogen and oxygen atoms in total. The molecule has 0 radical (unpaired) electrons. The topological polar surface area (TPSA) is 61.9 Å². The Morgan fingerprint density at radius 1 is 1.23 bits per heavy atom. The number of benzene rings is 1. The van der Waals surface area contributed by atoms with E-state index in [1.807, 2.05) is 48.6 Å². The summed E-state index contributed by atoms with van der Waals surface area (Å²) in [5.41, 5.74) is 4.41. The van der Waals surface area contributed by atoms with Gasteiger partial charge in [-0.1, -0.05) is 30.3 Å². The van der Waals surface area contributed by atoms with Crippen molar-refractivity contribution in [2.45, 2.75) is 53.0 Å². The first kappa shape index (κ1) is 19.7. The average Bonchev–Trinajstić information content (AvgIpc) is 2.92. The maximum Gasteiger partial charge on any atom is 0.222 e. The van der Waals surface area contributed by atoms with Gasteiger partial charge in [0.2, 0.25) is 5.91 Å². The zero-order valence-corrected chi connectivity index (χ0v) is 16.0. The SMILES string of the molecule is CCN(CCc1ccccc1)C(=O)CCc1c(C)nn(CCC#N)c1C. The minimum atomic E-state index is 0.187. The van der Waals surface area contributed by atoms with E-state index < -0.39 is 0 Å². The van der Waals surface area contributed by atoms with Crippen LogP contribution in [0.15, 0.2) is 30.3 Å². The lowest BCUT2D eigenvalue weighted by Crippen LogP contribution is -2.32. The van der Waals surface area contributed by atoms with Crippen LogP contribution in [0.5, 0.6) is 0 Å². The van der Waals surface area contributed by atoms with Crippen molar-refractivity contribution in [3.63, 3.8) is 0 Å². The molecule has 0 atom stereocenters. The number of nitrogens with zero attached hydrogens (tertiary/aromatic N) is 4. The number of hydrogen-bond acceptors (Lipinski definition) is 3. The van der Waals surface area contributed by atoms with E-state index in [2.05, 4.69) is 23.3 Å². The number of rotatable bonds is 9. The Morgan fingerprint density at radius 2 is 1.96 bits per heavy atom. The Hall–Kier alpha value is -2.61. The van der Waals surface area contributed by atoms with E-state index in [0.717, 1.165) is 36.5 Å². The van der Waals surface area contributed by atoms with Gasteiger partial charge in [-0.3, -0.25) is 9.48 Å². The second kappa shape index (κ2) is 9.76. The van der Waals surface area contributed by atoms with E-state index in [0.29, 0.717) is 25.8 Å². The van der Waals surface area contributed by atoms with Gasteiger partial charge < -0.3 is 4.90 Å². The zero-order valence-electron chi connectivity index (χ0n) is 16.0. The van der Waals surface area contributed by atoms with Crippen molar-refractivity contribution in [1.82, 2.24) is 14.7 Å². The molecule has 138 valence electrons. The van der Waals surface area contributed by atoms with E-state index >= 15 is 0 Å². The average molecular weight is 352 g/mol. The van der Waals surface area contributed by atoms with Crippen molar-refractivity contribution in [1.29, 1.82) is 5.26 Å². The van der Waals surface area contributed by atoms with Gasteiger partial charge in [0, 0.05) is 25.2 Å². The number of nitriles is 1. The van der Waals surface area contributed by atoms with Crippen molar-refractivity contribution in [3.8, 4) is 6.07 Å². The second-order valence-corrected chi connectivity index (χ2v) is 6.49. The predicted molar refractivity (Wildman–Crippen MR) is 103 cm³/mol. The largest absolute Gasteiger partial charge is 0.343 e. The third kappa shape index (κ3) is 5.19. The molecule has 1 amide bonds. The molecule has 0 unspecified atom stereocenters. The molecular weight excluding hydrogens is 324 g/mol. The van der Waals surface area contributed by atoms with Crippen LogP contribution in [0, 0.1) is 25.2 Å². The Labute approximate surface area is 156 Å². The van der Waals surface area contributed by atoms with Crippen LogP contribution in [0.2, 0.25) is 0 Å². The van der Waals surface area contributed by atoms with E-state index in [1.165, 1.54) is 5.56 Å². The molecule has 0 N–H and O–H groups in total. The Kier molecular flexibility index (Phi) is 7.40. The molecule has 0 aliphatic carbocycles. The molecule has 2 aromatic rings. The molecule has 1 aromatic heterocycles. The zero-order chi connectivity index (χ0) is 18.9. The first-order chi connectivity index (χ1) is 12.6. The summed E-state index contributed by atoms with van der Waals surface area (Å²) in [5.74, 6) is 0.187. The van der Waals surface area contributed by atoms with Crippen LogP contribution < -0.4 is 0 Å². The van der Waals surface area contributed by atoms with Crippen LogP contribution in [0.25, 0.3) is 0 Å². The molecule has 0 aliphatic rings. The Morgan fingerprint density at radius 3 is 2.62 bits per heavy atom. The molecule has 26 heavy (non-hydrogen) atoms. The smallest absolute Gasteiger partial charge is 0.222 e. The highest BCUT2D eigenvalue weighted by Gasteiger charge is 2.16. The third-order valence-corrected chi connectivity index (χ3v) is 4.80.